The van der Waals surface area contributed by atoms with Crippen molar-refractivity contribution in [1.29, 1.82) is 0 Å². The van der Waals surface area contributed by atoms with Gasteiger partial charge in [0, 0.05) is 39.1 Å². The largest absolute Gasteiger partial charge is 0.455 e. The Balaban J connectivity index is 1.23. The summed E-state index contributed by atoms with van der Waals surface area (Å²) in [7, 11) is 0. The predicted octanol–water partition coefficient (Wildman–Crippen LogP) is 15.7. The summed E-state index contributed by atoms with van der Waals surface area (Å²) < 4.78 is 6.93. The molecule has 0 unspecified atom stereocenters. The van der Waals surface area contributed by atoms with Gasteiger partial charge in [0.1, 0.15) is 11.5 Å². The lowest BCUT2D eigenvalue weighted by molar-refractivity contribution is 0.455. The molecule has 0 aromatic heterocycles. The molecule has 65 heavy (non-hydrogen) atoms. The van der Waals surface area contributed by atoms with E-state index in [9.17, 15) is 0 Å². The second-order valence-electron chi connectivity index (χ2n) is 19.7. The van der Waals surface area contributed by atoms with E-state index >= 15 is 0 Å². The van der Waals surface area contributed by atoms with Crippen LogP contribution in [0.15, 0.2) is 198 Å². The minimum Gasteiger partial charge on any atom is -0.455 e. The summed E-state index contributed by atoms with van der Waals surface area (Å²) in [4.78, 5) is 7.48. The molecule has 0 fully saturated rings. The molecule has 3 aliphatic rings. The van der Waals surface area contributed by atoms with Gasteiger partial charge < -0.3 is 14.4 Å². The van der Waals surface area contributed by atoms with Gasteiger partial charge in [-0.15, -0.1) is 0 Å². The van der Waals surface area contributed by atoms with Crippen LogP contribution in [0, 0.1) is 0 Å². The maximum Gasteiger partial charge on any atom is 0.333 e. The molecule has 0 saturated carbocycles. The molecule has 0 saturated heterocycles. The van der Waals surface area contributed by atoms with Gasteiger partial charge in [0.2, 0.25) is 0 Å². The zero-order valence-electron chi connectivity index (χ0n) is 37.7. The van der Waals surface area contributed by atoms with Gasteiger partial charge in [0.25, 0.3) is 0 Å². The third-order valence-electron chi connectivity index (χ3n) is 13.6. The fourth-order valence-corrected chi connectivity index (χ4v) is 11.3. The summed E-state index contributed by atoms with van der Waals surface area (Å²) in [5, 5.41) is 2.44. The fourth-order valence-electron chi connectivity index (χ4n) is 10.3. The van der Waals surface area contributed by atoms with Crippen molar-refractivity contribution in [1.82, 2.24) is 0 Å². The first-order valence-corrected chi connectivity index (χ1v) is 23.6. The molecule has 0 atom stereocenters. The molecule has 0 radical (unpaired) electrons. The SMILES string of the molecule is CC(C)(C)c1ccc(N2B3c4cc5c(cc4N(c4ccc(C(C)(C)C)cc4-c4ccccc4)c4c3c(cc3ccccc43)-c3ccccc32)Sc2ccccc2O5)c(-c2ccccc2)c1. The van der Waals surface area contributed by atoms with Gasteiger partial charge in [-0.25, -0.2) is 0 Å². The molecule has 3 nitrogen and oxygen atoms in total. The Labute approximate surface area is 387 Å². The average Bonchev–Trinajstić information content (AvgIpc) is 3.32. The predicted molar refractivity (Wildman–Crippen MR) is 277 cm³/mol. The molecule has 0 amide bonds. The summed E-state index contributed by atoms with van der Waals surface area (Å²) in [6, 6.07) is 70.0. The van der Waals surface area contributed by atoms with E-state index in [4.69, 9.17) is 4.74 Å². The van der Waals surface area contributed by atoms with Crippen LogP contribution in [0.3, 0.4) is 0 Å². The number of ether oxygens (including phenoxy) is 1. The van der Waals surface area contributed by atoms with Gasteiger partial charge in [-0.05, 0) is 116 Å². The monoisotopic (exact) mass is 856 g/mol. The summed E-state index contributed by atoms with van der Waals surface area (Å²) in [6.45, 7) is 13.6. The minimum absolute atomic E-state index is 0.0398. The van der Waals surface area contributed by atoms with Crippen LogP contribution in [0.5, 0.6) is 11.5 Å². The summed E-state index contributed by atoms with van der Waals surface area (Å²) in [5.41, 5.74) is 18.1. The highest BCUT2D eigenvalue weighted by atomic mass is 32.2. The van der Waals surface area contributed by atoms with Crippen LogP contribution in [0.2, 0.25) is 0 Å². The zero-order chi connectivity index (χ0) is 44.2. The van der Waals surface area contributed by atoms with Gasteiger partial charge in [-0.3, -0.25) is 0 Å². The Morgan fingerprint density at radius 1 is 0.446 bits per heavy atom. The van der Waals surface area contributed by atoms with Crippen molar-refractivity contribution in [3.63, 3.8) is 0 Å². The molecule has 0 N–H and O–H groups in total. The number of benzene rings is 9. The standard InChI is InChI=1S/C60H49BN2OS/c1-59(2,3)41-29-31-49(45(34-41)38-19-9-7-10-20-38)62-52-37-56-54(64-53-27-17-18-28-55(53)65-56)36-48(52)61-57-47(33-40-23-13-14-24-43(40)58(57)62)44-25-15-16-26-50(44)63(61)51-32-30-42(60(4,5)6)35-46(51)39-21-11-8-12-22-39/h7-37H,1-6H3. The highest BCUT2D eigenvalue weighted by Crippen LogP contribution is 2.55. The molecule has 314 valence electrons. The van der Waals surface area contributed by atoms with Crippen LogP contribution in [0.1, 0.15) is 52.7 Å². The number of rotatable bonds is 4. The Kier molecular flexibility index (Phi) is 9.02. The summed E-state index contributed by atoms with van der Waals surface area (Å²) in [5.74, 6) is 1.78. The number of para-hydroxylation sites is 2. The van der Waals surface area contributed by atoms with E-state index < -0.39 is 0 Å². The normalized spacial score (nSPS) is 13.7. The molecule has 3 aliphatic heterocycles. The maximum atomic E-state index is 6.93. The van der Waals surface area contributed by atoms with E-state index in [1.165, 1.54) is 83.3 Å². The van der Waals surface area contributed by atoms with Crippen LogP contribution in [0.4, 0.5) is 28.4 Å². The second-order valence-corrected chi connectivity index (χ2v) is 20.8. The van der Waals surface area contributed by atoms with Crippen molar-refractivity contribution >= 4 is 68.7 Å². The van der Waals surface area contributed by atoms with E-state index in [1.54, 1.807) is 11.8 Å². The average molecular weight is 857 g/mol. The molecule has 5 heteroatoms. The van der Waals surface area contributed by atoms with Crippen LogP contribution in [-0.2, 0) is 10.8 Å². The van der Waals surface area contributed by atoms with E-state index in [0.717, 1.165) is 32.7 Å². The number of fused-ring (bicyclic) bond motifs is 8. The highest BCUT2D eigenvalue weighted by Gasteiger charge is 2.47. The first-order chi connectivity index (χ1) is 31.5. The van der Waals surface area contributed by atoms with Crippen LogP contribution >= 0.6 is 11.8 Å². The third-order valence-corrected chi connectivity index (χ3v) is 14.7. The van der Waals surface area contributed by atoms with E-state index in [2.05, 4.69) is 239 Å². The van der Waals surface area contributed by atoms with Gasteiger partial charge >= 0.3 is 6.85 Å². The van der Waals surface area contributed by atoms with Crippen molar-refractivity contribution in [2.24, 2.45) is 0 Å². The lowest BCUT2D eigenvalue weighted by Gasteiger charge is -2.47. The molecule has 3 heterocycles. The highest BCUT2D eigenvalue weighted by molar-refractivity contribution is 7.99. The van der Waals surface area contributed by atoms with Crippen molar-refractivity contribution in [2.75, 3.05) is 9.71 Å². The van der Waals surface area contributed by atoms with E-state index in [-0.39, 0.29) is 17.7 Å². The van der Waals surface area contributed by atoms with Crippen LogP contribution in [-0.4, -0.2) is 6.85 Å². The Morgan fingerprint density at radius 3 is 1.74 bits per heavy atom. The third kappa shape index (κ3) is 6.43. The summed E-state index contributed by atoms with van der Waals surface area (Å²) >= 11 is 1.79. The Bertz CT molecular complexity index is 3370. The number of nitrogens with zero attached hydrogens (tertiary/aromatic N) is 2. The lowest BCUT2D eigenvalue weighted by Crippen LogP contribution is -2.61. The summed E-state index contributed by atoms with van der Waals surface area (Å²) in [6.07, 6.45) is 0. The second kappa shape index (κ2) is 14.8. The van der Waals surface area contributed by atoms with Crippen molar-refractivity contribution in [3.05, 3.63) is 199 Å². The van der Waals surface area contributed by atoms with Crippen LogP contribution in [0.25, 0.3) is 44.2 Å². The fraction of sp³-hybridized carbons (Fsp3) is 0.133. The topological polar surface area (TPSA) is 15.7 Å². The van der Waals surface area contributed by atoms with Gasteiger partial charge in [-0.2, -0.15) is 0 Å². The molecular formula is C60H49BN2OS. The van der Waals surface area contributed by atoms with E-state index in [1.807, 2.05) is 0 Å². The molecule has 0 bridgehead atoms. The zero-order valence-corrected chi connectivity index (χ0v) is 38.5. The minimum atomic E-state index is -0.209. The maximum absolute atomic E-state index is 6.93. The van der Waals surface area contributed by atoms with Crippen LogP contribution < -0.4 is 25.4 Å². The molecular weight excluding hydrogens is 808 g/mol. The van der Waals surface area contributed by atoms with Gasteiger partial charge in [-0.1, -0.05) is 181 Å². The molecule has 12 rings (SSSR count). The van der Waals surface area contributed by atoms with Gasteiger partial charge in [0.15, 0.2) is 0 Å². The smallest absolute Gasteiger partial charge is 0.333 e. The van der Waals surface area contributed by atoms with Crippen molar-refractivity contribution < 1.29 is 4.74 Å². The van der Waals surface area contributed by atoms with Crippen molar-refractivity contribution in [3.8, 4) is 44.9 Å². The first-order valence-electron chi connectivity index (χ1n) is 22.8. The number of anilines is 5. The van der Waals surface area contributed by atoms with Gasteiger partial charge in [0.05, 0.1) is 21.2 Å². The molecule has 0 spiro atoms. The number of hydrogen-bond acceptors (Lipinski definition) is 4. The lowest BCUT2D eigenvalue weighted by atomic mass is 9.43. The Hall–Kier alpha value is -6.95. The quantitative estimate of drug-likeness (QED) is 0.164. The first kappa shape index (κ1) is 39.6. The number of hydrogen-bond donors (Lipinski definition) is 0. The molecule has 9 aromatic rings. The van der Waals surface area contributed by atoms with Crippen molar-refractivity contribution in [2.45, 2.75) is 62.2 Å². The molecule has 0 aliphatic carbocycles. The van der Waals surface area contributed by atoms with E-state index in [0.29, 0.717) is 0 Å². The molecule has 9 aromatic carbocycles. The Morgan fingerprint density at radius 2 is 1.03 bits per heavy atom.